The van der Waals surface area contributed by atoms with E-state index in [1.165, 1.54) is 12.1 Å². The second-order valence-corrected chi connectivity index (χ2v) is 5.10. The predicted molar refractivity (Wildman–Crippen MR) is 78.8 cm³/mol. The summed E-state index contributed by atoms with van der Waals surface area (Å²) in [6.45, 7) is 2.05. The van der Waals surface area contributed by atoms with Gasteiger partial charge in [-0.25, -0.2) is 4.39 Å². The monoisotopic (exact) mass is 308 g/mol. The van der Waals surface area contributed by atoms with E-state index < -0.39 is 5.91 Å². The predicted octanol–water partition coefficient (Wildman–Crippen LogP) is 2.31. The Labute approximate surface area is 126 Å². The fourth-order valence-corrected chi connectivity index (χ4v) is 2.06. The summed E-state index contributed by atoms with van der Waals surface area (Å²) in [5.41, 5.74) is 6.80. The van der Waals surface area contributed by atoms with Gasteiger partial charge in [-0.2, -0.15) is 0 Å². The Morgan fingerprint density at radius 2 is 2.10 bits per heavy atom. The molecule has 0 aliphatic carbocycles. The van der Waals surface area contributed by atoms with E-state index in [0.29, 0.717) is 17.9 Å². The van der Waals surface area contributed by atoms with Gasteiger partial charge in [-0.05, 0) is 30.2 Å². The van der Waals surface area contributed by atoms with Gasteiger partial charge in [0.05, 0.1) is 5.56 Å². The van der Waals surface area contributed by atoms with Crippen LogP contribution in [0.2, 0.25) is 5.15 Å². The first kappa shape index (κ1) is 15.2. The molecule has 0 aliphatic rings. The molecular formula is C14H14ClFN4O. The zero-order chi connectivity index (χ0) is 15.6. The van der Waals surface area contributed by atoms with Crippen molar-refractivity contribution < 1.29 is 9.18 Å². The minimum atomic E-state index is -0.649. The second-order valence-electron chi connectivity index (χ2n) is 4.71. The Kier molecular flexibility index (Phi) is 4.37. The van der Waals surface area contributed by atoms with Gasteiger partial charge in [0.1, 0.15) is 5.82 Å². The molecule has 0 spiro atoms. The lowest BCUT2D eigenvalue weighted by atomic mass is 10.1. The summed E-state index contributed by atoms with van der Waals surface area (Å²) in [6.07, 6.45) is 0. The first-order valence-corrected chi connectivity index (χ1v) is 6.55. The number of carbonyl (C=O) groups excluding carboxylic acids is 1. The smallest absolute Gasteiger partial charge is 0.252 e. The molecule has 0 bridgehead atoms. The van der Waals surface area contributed by atoms with E-state index in [9.17, 15) is 9.18 Å². The van der Waals surface area contributed by atoms with E-state index in [0.717, 1.165) is 5.56 Å². The standard InChI is InChI=1S/C14H14ClFN4O/c1-8-3-4-9(5-11(8)16)7-20(2)14-10(13(17)21)6-12(15)18-19-14/h3-6H,7H2,1-2H3,(H2,17,21). The van der Waals surface area contributed by atoms with Crippen LogP contribution in [0.1, 0.15) is 21.5 Å². The van der Waals surface area contributed by atoms with Crippen LogP contribution in [0.15, 0.2) is 24.3 Å². The maximum atomic E-state index is 13.6. The van der Waals surface area contributed by atoms with Gasteiger partial charge < -0.3 is 10.6 Å². The zero-order valence-corrected chi connectivity index (χ0v) is 12.4. The minimum absolute atomic E-state index is 0.0855. The van der Waals surface area contributed by atoms with Crippen LogP contribution < -0.4 is 10.6 Å². The fourth-order valence-electron chi connectivity index (χ4n) is 1.91. The van der Waals surface area contributed by atoms with Crippen molar-refractivity contribution in [2.45, 2.75) is 13.5 Å². The number of rotatable bonds is 4. The average molecular weight is 309 g/mol. The van der Waals surface area contributed by atoms with Gasteiger partial charge in [0.15, 0.2) is 11.0 Å². The van der Waals surface area contributed by atoms with Crippen molar-refractivity contribution >= 4 is 23.3 Å². The number of aromatic nitrogens is 2. The molecule has 0 unspecified atom stereocenters. The van der Waals surface area contributed by atoms with Crippen molar-refractivity contribution in [1.29, 1.82) is 0 Å². The molecule has 1 heterocycles. The molecule has 1 aromatic carbocycles. The van der Waals surface area contributed by atoms with Gasteiger partial charge in [-0.15, -0.1) is 10.2 Å². The number of nitrogens with two attached hydrogens (primary N) is 1. The van der Waals surface area contributed by atoms with Gasteiger partial charge in [-0.3, -0.25) is 4.79 Å². The molecule has 1 amide bonds. The highest BCUT2D eigenvalue weighted by Crippen LogP contribution is 2.20. The lowest BCUT2D eigenvalue weighted by molar-refractivity contribution is 0.1000. The number of benzene rings is 1. The molecule has 5 nitrogen and oxygen atoms in total. The maximum absolute atomic E-state index is 13.6. The summed E-state index contributed by atoms with van der Waals surface area (Å²) in [7, 11) is 1.71. The largest absolute Gasteiger partial charge is 0.365 e. The van der Waals surface area contributed by atoms with Gasteiger partial charge >= 0.3 is 0 Å². The van der Waals surface area contributed by atoms with E-state index in [2.05, 4.69) is 10.2 Å². The van der Waals surface area contributed by atoms with Crippen molar-refractivity contribution in [2.24, 2.45) is 5.73 Å². The number of carbonyl (C=O) groups is 1. The molecule has 21 heavy (non-hydrogen) atoms. The number of hydrogen-bond acceptors (Lipinski definition) is 4. The molecule has 0 atom stereocenters. The number of aryl methyl sites for hydroxylation is 1. The third-order valence-corrected chi connectivity index (χ3v) is 3.21. The van der Waals surface area contributed by atoms with Crippen molar-refractivity contribution in [3.63, 3.8) is 0 Å². The number of anilines is 1. The Balaban J connectivity index is 2.29. The summed E-state index contributed by atoms with van der Waals surface area (Å²) in [5, 5.41) is 7.68. The number of primary amides is 1. The second kappa shape index (κ2) is 6.05. The molecule has 2 rings (SSSR count). The normalized spacial score (nSPS) is 10.5. The summed E-state index contributed by atoms with van der Waals surface area (Å²) < 4.78 is 13.6. The maximum Gasteiger partial charge on any atom is 0.252 e. The van der Waals surface area contributed by atoms with Crippen LogP contribution in [0.5, 0.6) is 0 Å². The van der Waals surface area contributed by atoms with Crippen molar-refractivity contribution in [2.75, 3.05) is 11.9 Å². The summed E-state index contributed by atoms with van der Waals surface area (Å²) >= 11 is 5.71. The van der Waals surface area contributed by atoms with E-state index in [-0.39, 0.29) is 16.5 Å². The van der Waals surface area contributed by atoms with Gasteiger partial charge in [-0.1, -0.05) is 23.7 Å². The Hall–Kier alpha value is -2.21. The minimum Gasteiger partial charge on any atom is -0.365 e. The lowest BCUT2D eigenvalue weighted by Gasteiger charge is -2.19. The lowest BCUT2D eigenvalue weighted by Crippen LogP contribution is -2.24. The third kappa shape index (κ3) is 3.46. The number of hydrogen-bond donors (Lipinski definition) is 1. The summed E-state index contributed by atoms with van der Waals surface area (Å²) in [5.74, 6) is -0.630. The van der Waals surface area contributed by atoms with Gasteiger partial charge in [0, 0.05) is 13.6 Å². The molecule has 0 saturated carbocycles. The Bertz CT molecular complexity index is 693. The third-order valence-electron chi connectivity index (χ3n) is 3.03. The molecular weight excluding hydrogens is 295 g/mol. The average Bonchev–Trinajstić information content (AvgIpc) is 2.42. The molecule has 1 aromatic heterocycles. The molecule has 0 fully saturated rings. The van der Waals surface area contributed by atoms with Gasteiger partial charge in [0.25, 0.3) is 5.91 Å². The molecule has 7 heteroatoms. The van der Waals surface area contributed by atoms with Crippen molar-refractivity contribution in [3.8, 4) is 0 Å². The zero-order valence-electron chi connectivity index (χ0n) is 11.6. The SMILES string of the molecule is Cc1ccc(CN(C)c2nnc(Cl)cc2C(N)=O)cc1F. The van der Waals surface area contributed by atoms with E-state index in [1.807, 2.05) is 6.07 Å². The van der Waals surface area contributed by atoms with Crippen molar-refractivity contribution in [3.05, 3.63) is 51.9 Å². The van der Waals surface area contributed by atoms with Crippen LogP contribution in [0.3, 0.4) is 0 Å². The van der Waals surface area contributed by atoms with Crippen LogP contribution in [0.25, 0.3) is 0 Å². The summed E-state index contributed by atoms with van der Waals surface area (Å²) in [6, 6.07) is 6.31. The molecule has 110 valence electrons. The number of amides is 1. The van der Waals surface area contributed by atoms with Crippen molar-refractivity contribution in [1.82, 2.24) is 10.2 Å². The van der Waals surface area contributed by atoms with E-state index >= 15 is 0 Å². The molecule has 2 N–H and O–H groups in total. The Morgan fingerprint density at radius 3 is 2.71 bits per heavy atom. The van der Waals surface area contributed by atoms with E-state index in [4.69, 9.17) is 17.3 Å². The Morgan fingerprint density at radius 1 is 1.38 bits per heavy atom. The van der Waals surface area contributed by atoms with Gasteiger partial charge in [0.2, 0.25) is 0 Å². The number of nitrogens with zero attached hydrogens (tertiary/aromatic N) is 3. The van der Waals surface area contributed by atoms with Crippen LogP contribution in [-0.2, 0) is 6.54 Å². The van der Waals surface area contributed by atoms with E-state index in [1.54, 1.807) is 24.9 Å². The molecule has 2 aromatic rings. The topological polar surface area (TPSA) is 72.1 Å². The van der Waals surface area contributed by atoms with Crippen LogP contribution in [-0.4, -0.2) is 23.2 Å². The number of halogens is 2. The quantitative estimate of drug-likeness (QED) is 0.941. The highest BCUT2D eigenvalue weighted by Gasteiger charge is 2.16. The first-order valence-electron chi connectivity index (χ1n) is 6.17. The molecule has 0 aliphatic heterocycles. The van der Waals surface area contributed by atoms with Crippen LogP contribution >= 0.6 is 11.6 Å². The van der Waals surface area contributed by atoms with Crippen LogP contribution in [0.4, 0.5) is 10.2 Å². The first-order chi connectivity index (χ1) is 9.88. The molecule has 0 saturated heterocycles. The molecule has 0 radical (unpaired) electrons. The van der Waals surface area contributed by atoms with Crippen LogP contribution in [0, 0.1) is 12.7 Å². The highest BCUT2D eigenvalue weighted by molar-refractivity contribution is 6.29. The summed E-state index contributed by atoms with van der Waals surface area (Å²) in [4.78, 5) is 13.1. The highest BCUT2D eigenvalue weighted by atomic mass is 35.5. The fraction of sp³-hybridized carbons (Fsp3) is 0.214.